The van der Waals surface area contributed by atoms with Crippen molar-refractivity contribution in [1.29, 1.82) is 0 Å². The van der Waals surface area contributed by atoms with Gasteiger partial charge in [-0.15, -0.1) is 12.4 Å². The number of hydrogen-bond acceptors (Lipinski definition) is 3. The average molecular weight is 403 g/mol. The van der Waals surface area contributed by atoms with Gasteiger partial charge in [-0.05, 0) is 49.7 Å². The van der Waals surface area contributed by atoms with Gasteiger partial charge in [0, 0.05) is 25.0 Å². The fourth-order valence-corrected chi connectivity index (χ4v) is 5.68. The van der Waals surface area contributed by atoms with Crippen LogP contribution < -0.4 is 5.73 Å². The first-order chi connectivity index (χ1) is 13.2. The van der Waals surface area contributed by atoms with Crippen LogP contribution >= 0.6 is 12.4 Å². The van der Waals surface area contributed by atoms with Gasteiger partial charge in [-0.2, -0.15) is 0 Å². The zero-order valence-electron chi connectivity index (χ0n) is 16.4. The molecule has 2 heterocycles. The molecule has 2 N–H and O–H groups in total. The van der Waals surface area contributed by atoms with Gasteiger partial charge in [0.25, 0.3) is 0 Å². The zero-order chi connectivity index (χ0) is 18.4. The molecule has 1 aliphatic heterocycles. The van der Waals surface area contributed by atoms with E-state index in [1.54, 1.807) is 0 Å². The van der Waals surface area contributed by atoms with Crippen LogP contribution in [0.3, 0.4) is 0 Å². The number of aromatic nitrogens is 2. The molecular formula is C22H31ClN4O. The molecule has 1 aromatic heterocycles. The lowest BCUT2D eigenvalue weighted by Crippen LogP contribution is -2.35. The molecule has 3 atom stereocenters. The van der Waals surface area contributed by atoms with E-state index < -0.39 is 0 Å². The summed E-state index contributed by atoms with van der Waals surface area (Å²) in [6, 6.07) is 8.54. The molecule has 2 aromatic rings. The molecule has 1 amide bonds. The molecule has 5 nitrogen and oxygen atoms in total. The molecular weight excluding hydrogens is 372 g/mol. The van der Waals surface area contributed by atoms with Gasteiger partial charge < -0.3 is 15.2 Å². The Kier molecular flexibility index (Phi) is 5.66. The van der Waals surface area contributed by atoms with Crippen molar-refractivity contribution < 1.29 is 4.79 Å². The third-order valence-corrected chi connectivity index (χ3v) is 7.21. The Morgan fingerprint density at radius 3 is 2.64 bits per heavy atom. The number of likely N-dealkylation sites (tertiary alicyclic amines) is 1. The molecule has 2 saturated carbocycles. The minimum atomic E-state index is 0. The van der Waals surface area contributed by atoms with Crippen LogP contribution in [0.4, 0.5) is 0 Å². The number of para-hydroxylation sites is 2. The van der Waals surface area contributed by atoms with Crippen LogP contribution in [0.25, 0.3) is 11.0 Å². The number of halogens is 1. The third-order valence-electron chi connectivity index (χ3n) is 7.21. The monoisotopic (exact) mass is 402 g/mol. The van der Waals surface area contributed by atoms with E-state index in [2.05, 4.69) is 27.7 Å². The molecule has 5 rings (SSSR count). The van der Waals surface area contributed by atoms with Crippen LogP contribution in [0.5, 0.6) is 0 Å². The summed E-state index contributed by atoms with van der Waals surface area (Å²) >= 11 is 0. The normalized spacial score (nSPS) is 27.8. The predicted molar refractivity (Wildman–Crippen MR) is 114 cm³/mol. The summed E-state index contributed by atoms with van der Waals surface area (Å²) in [5.74, 6) is 2.97. The topological polar surface area (TPSA) is 64.2 Å². The Morgan fingerprint density at radius 2 is 1.86 bits per heavy atom. The third kappa shape index (κ3) is 3.43. The molecule has 3 aliphatic rings. The van der Waals surface area contributed by atoms with Crippen molar-refractivity contribution in [3.63, 3.8) is 0 Å². The molecule has 3 fully saturated rings. The van der Waals surface area contributed by atoms with Crippen molar-refractivity contribution in [3.05, 3.63) is 30.1 Å². The lowest BCUT2D eigenvalue weighted by atomic mass is 9.88. The fraction of sp³-hybridized carbons (Fsp3) is 0.636. The summed E-state index contributed by atoms with van der Waals surface area (Å²) in [6.45, 7) is 2.15. The fourth-order valence-electron chi connectivity index (χ4n) is 5.68. The van der Waals surface area contributed by atoms with Crippen molar-refractivity contribution >= 4 is 29.3 Å². The highest BCUT2D eigenvalue weighted by atomic mass is 35.5. The number of carbonyl (C=O) groups is 1. The number of nitrogens with zero attached hydrogens (tertiary/aromatic N) is 3. The Morgan fingerprint density at radius 1 is 1.07 bits per heavy atom. The van der Waals surface area contributed by atoms with Crippen molar-refractivity contribution in [2.24, 2.45) is 17.6 Å². The maximum atomic E-state index is 13.2. The van der Waals surface area contributed by atoms with Crippen molar-refractivity contribution in [1.82, 2.24) is 14.5 Å². The number of nitrogens with two attached hydrogens (primary N) is 1. The van der Waals surface area contributed by atoms with Gasteiger partial charge in [0.15, 0.2) is 0 Å². The highest BCUT2D eigenvalue weighted by molar-refractivity contribution is 5.85. The van der Waals surface area contributed by atoms with Crippen LogP contribution in [0.1, 0.15) is 56.7 Å². The number of amides is 1. The van der Waals surface area contributed by atoms with Crippen LogP contribution in [-0.2, 0) is 11.3 Å². The van der Waals surface area contributed by atoms with Gasteiger partial charge in [0.1, 0.15) is 12.4 Å². The Bertz CT molecular complexity index is 844. The molecule has 1 saturated heterocycles. The van der Waals surface area contributed by atoms with Gasteiger partial charge in [0.05, 0.1) is 11.0 Å². The van der Waals surface area contributed by atoms with Gasteiger partial charge in [-0.3, -0.25) is 4.79 Å². The molecule has 6 heteroatoms. The summed E-state index contributed by atoms with van der Waals surface area (Å²) in [5.41, 5.74) is 8.38. The number of hydrogen-bond donors (Lipinski definition) is 1. The van der Waals surface area contributed by atoms with Crippen molar-refractivity contribution in [2.45, 2.75) is 63.5 Å². The molecule has 28 heavy (non-hydrogen) atoms. The number of imidazole rings is 1. The van der Waals surface area contributed by atoms with Crippen LogP contribution in [0.15, 0.2) is 24.3 Å². The Balaban J connectivity index is 0.00000192. The number of benzene rings is 1. The second kappa shape index (κ2) is 8.03. The molecule has 0 spiro atoms. The van der Waals surface area contributed by atoms with E-state index in [1.165, 1.54) is 38.5 Å². The lowest BCUT2D eigenvalue weighted by molar-refractivity contribution is -0.131. The van der Waals surface area contributed by atoms with Gasteiger partial charge >= 0.3 is 0 Å². The van der Waals surface area contributed by atoms with E-state index in [4.69, 9.17) is 10.7 Å². The van der Waals surface area contributed by atoms with Crippen molar-refractivity contribution in [3.8, 4) is 0 Å². The second-order valence-electron chi connectivity index (χ2n) is 8.84. The number of fused-ring (bicyclic) bond motifs is 2. The first kappa shape index (κ1) is 19.7. The summed E-state index contributed by atoms with van der Waals surface area (Å²) in [4.78, 5) is 20.2. The Hall–Kier alpha value is -1.59. The smallest absolute Gasteiger partial charge is 0.242 e. The second-order valence-corrected chi connectivity index (χ2v) is 8.84. The van der Waals surface area contributed by atoms with Gasteiger partial charge in [-0.1, -0.05) is 31.4 Å². The SMILES string of the molecule is Cl.NC1CCC2CN(C(=O)Cn3c(C4CCCCC4)nc4ccccc43)CC12. The van der Waals surface area contributed by atoms with E-state index >= 15 is 0 Å². The Labute approximate surface area is 173 Å². The summed E-state index contributed by atoms with van der Waals surface area (Å²) in [7, 11) is 0. The maximum Gasteiger partial charge on any atom is 0.242 e. The molecule has 0 bridgehead atoms. The minimum absolute atomic E-state index is 0. The zero-order valence-corrected chi connectivity index (χ0v) is 17.2. The summed E-state index contributed by atoms with van der Waals surface area (Å²) in [5, 5.41) is 0. The van der Waals surface area contributed by atoms with Gasteiger partial charge in [-0.25, -0.2) is 4.98 Å². The van der Waals surface area contributed by atoms with E-state index in [1.807, 2.05) is 6.07 Å². The molecule has 1 aromatic carbocycles. The van der Waals surface area contributed by atoms with Crippen LogP contribution in [0, 0.1) is 11.8 Å². The standard InChI is InChI=1S/C22H30N4O.ClH/c23-18-11-10-16-12-25(13-17(16)18)21(27)14-26-20-9-5-4-8-19(20)24-22(26)15-6-2-1-3-7-15;/h4-5,8-9,15-18H,1-3,6-7,10-14,23H2;1H. The first-order valence-corrected chi connectivity index (χ1v) is 10.7. The number of rotatable bonds is 3. The van der Waals surface area contributed by atoms with Crippen LogP contribution in [-0.4, -0.2) is 39.5 Å². The maximum absolute atomic E-state index is 13.2. The van der Waals surface area contributed by atoms with E-state index in [0.29, 0.717) is 24.3 Å². The quantitative estimate of drug-likeness (QED) is 0.851. The predicted octanol–water partition coefficient (Wildman–Crippen LogP) is 3.70. The van der Waals surface area contributed by atoms with E-state index in [-0.39, 0.29) is 24.4 Å². The lowest BCUT2D eigenvalue weighted by Gasteiger charge is -2.24. The first-order valence-electron chi connectivity index (χ1n) is 10.7. The highest BCUT2D eigenvalue weighted by Gasteiger charge is 2.42. The van der Waals surface area contributed by atoms with Crippen LogP contribution in [0.2, 0.25) is 0 Å². The number of carbonyl (C=O) groups excluding carboxylic acids is 1. The van der Waals surface area contributed by atoms with E-state index in [0.717, 1.165) is 36.4 Å². The van der Waals surface area contributed by atoms with E-state index in [9.17, 15) is 4.79 Å². The molecule has 152 valence electrons. The molecule has 3 unspecified atom stereocenters. The summed E-state index contributed by atoms with van der Waals surface area (Å²) < 4.78 is 2.21. The van der Waals surface area contributed by atoms with Gasteiger partial charge in [0.2, 0.25) is 5.91 Å². The highest BCUT2D eigenvalue weighted by Crippen LogP contribution is 2.38. The summed E-state index contributed by atoms with van der Waals surface area (Å²) in [6.07, 6.45) is 8.56. The largest absolute Gasteiger partial charge is 0.341 e. The average Bonchev–Trinajstić information content (AvgIpc) is 3.37. The molecule has 2 aliphatic carbocycles. The minimum Gasteiger partial charge on any atom is -0.341 e. The molecule has 0 radical (unpaired) electrons. The van der Waals surface area contributed by atoms with Crippen molar-refractivity contribution in [2.75, 3.05) is 13.1 Å².